The molecule has 1 unspecified atom stereocenters. The summed E-state index contributed by atoms with van der Waals surface area (Å²) in [6, 6.07) is 5.70. The minimum absolute atomic E-state index is 0.194. The Bertz CT molecular complexity index is 569. The average Bonchev–Trinajstić information content (AvgIpc) is 3.17. The van der Waals surface area contributed by atoms with E-state index >= 15 is 0 Å². The van der Waals surface area contributed by atoms with Gasteiger partial charge in [0.05, 0.1) is 20.3 Å². The minimum atomic E-state index is 0.194. The molecule has 6 heteroatoms. The summed E-state index contributed by atoms with van der Waals surface area (Å²) in [5, 5.41) is 7.40. The van der Waals surface area contributed by atoms with Crippen molar-refractivity contribution < 1.29 is 14.0 Å². The number of hydrogen-bond donors (Lipinski definition) is 1. The van der Waals surface area contributed by atoms with Crippen LogP contribution in [0.5, 0.6) is 11.5 Å². The molecular weight excluding hydrogens is 258 g/mol. The highest BCUT2D eigenvalue weighted by Gasteiger charge is 2.22. The van der Waals surface area contributed by atoms with Crippen molar-refractivity contribution in [3.05, 3.63) is 24.0 Å². The Hall–Kier alpha value is -2.08. The van der Waals surface area contributed by atoms with Crippen molar-refractivity contribution in [1.29, 1.82) is 0 Å². The van der Waals surface area contributed by atoms with E-state index < -0.39 is 0 Å². The van der Waals surface area contributed by atoms with Gasteiger partial charge in [-0.1, -0.05) is 5.16 Å². The molecule has 1 aromatic heterocycles. The first-order chi connectivity index (χ1) is 9.80. The lowest BCUT2D eigenvalue weighted by Crippen LogP contribution is -2.14. The number of aromatic nitrogens is 2. The summed E-state index contributed by atoms with van der Waals surface area (Å²) < 4.78 is 15.8. The molecular formula is C14H17N3O3. The monoisotopic (exact) mass is 275 g/mol. The molecule has 2 aromatic rings. The van der Waals surface area contributed by atoms with E-state index in [2.05, 4.69) is 15.5 Å². The Balaban J connectivity index is 1.92. The quantitative estimate of drug-likeness (QED) is 0.922. The zero-order valence-corrected chi connectivity index (χ0v) is 11.5. The van der Waals surface area contributed by atoms with Gasteiger partial charge in [0.25, 0.3) is 5.89 Å². The van der Waals surface area contributed by atoms with E-state index in [-0.39, 0.29) is 6.04 Å². The summed E-state index contributed by atoms with van der Waals surface area (Å²) in [7, 11) is 3.22. The molecule has 1 aromatic carbocycles. The topological polar surface area (TPSA) is 69.4 Å². The largest absolute Gasteiger partial charge is 0.497 e. The summed E-state index contributed by atoms with van der Waals surface area (Å²) in [5.74, 6) is 2.57. The summed E-state index contributed by atoms with van der Waals surface area (Å²) in [4.78, 5) is 4.46. The second-order valence-corrected chi connectivity index (χ2v) is 4.71. The molecule has 1 atom stereocenters. The van der Waals surface area contributed by atoms with E-state index in [0.717, 1.165) is 24.9 Å². The summed E-state index contributed by atoms with van der Waals surface area (Å²) in [5.41, 5.74) is 0.790. The van der Waals surface area contributed by atoms with Gasteiger partial charge in [-0.05, 0) is 31.5 Å². The van der Waals surface area contributed by atoms with Crippen molar-refractivity contribution in [3.63, 3.8) is 0 Å². The highest BCUT2D eigenvalue weighted by atomic mass is 16.5. The number of ether oxygens (including phenoxy) is 2. The lowest BCUT2D eigenvalue weighted by atomic mass is 10.2. The molecule has 0 saturated carbocycles. The van der Waals surface area contributed by atoms with Crippen LogP contribution in [0.25, 0.3) is 11.5 Å². The highest BCUT2D eigenvalue weighted by Crippen LogP contribution is 2.30. The second kappa shape index (κ2) is 5.50. The Morgan fingerprint density at radius 2 is 1.95 bits per heavy atom. The molecule has 106 valence electrons. The third-order valence-electron chi connectivity index (χ3n) is 3.41. The van der Waals surface area contributed by atoms with Gasteiger partial charge in [-0.3, -0.25) is 0 Å². The standard InChI is InChI=1S/C14H17N3O3/c1-18-10-6-9(7-11(8-10)19-2)14-16-13(17-20-14)12-4-3-5-15-12/h6-8,12,15H,3-5H2,1-2H3. The van der Waals surface area contributed by atoms with Gasteiger partial charge in [0.2, 0.25) is 0 Å². The van der Waals surface area contributed by atoms with E-state index in [9.17, 15) is 0 Å². The van der Waals surface area contributed by atoms with Gasteiger partial charge in [0, 0.05) is 11.6 Å². The van der Waals surface area contributed by atoms with Crippen LogP contribution in [-0.4, -0.2) is 30.9 Å². The smallest absolute Gasteiger partial charge is 0.258 e. The maximum absolute atomic E-state index is 5.35. The van der Waals surface area contributed by atoms with Crippen molar-refractivity contribution in [3.8, 4) is 23.0 Å². The molecule has 2 heterocycles. The predicted molar refractivity (Wildman–Crippen MR) is 72.8 cm³/mol. The van der Waals surface area contributed by atoms with Gasteiger partial charge in [-0.15, -0.1) is 0 Å². The Labute approximate surface area is 117 Å². The van der Waals surface area contributed by atoms with Gasteiger partial charge in [0.15, 0.2) is 5.82 Å². The number of nitrogens with one attached hydrogen (secondary N) is 1. The molecule has 1 aliphatic heterocycles. The first kappa shape index (κ1) is 12.9. The van der Waals surface area contributed by atoms with Crippen LogP contribution in [0, 0.1) is 0 Å². The fourth-order valence-corrected chi connectivity index (χ4v) is 2.33. The van der Waals surface area contributed by atoms with E-state index in [1.165, 1.54) is 0 Å². The predicted octanol–water partition coefficient (Wildman–Crippen LogP) is 2.18. The van der Waals surface area contributed by atoms with Crippen molar-refractivity contribution in [1.82, 2.24) is 15.5 Å². The van der Waals surface area contributed by atoms with Crippen LogP contribution in [0.4, 0.5) is 0 Å². The van der Waals surface area contributed by atoms with Crippen molar-refractivity contribution >= 4 is 0 Å². The molecule has 3 rings (SSSR count). The zero-order chi connectivity index (χ0) is 13.9. The third-order valence-corrected chi connectivity index (χ3v) is 3.41. The number of benzene rings is 1. The maximum atomic E-state index is 5.35. The van der Waals surface area contributed by atoms with Crippen LogP contribution in [0.1, 0.15) is 24.7 Å². The van der Waals surface area contributed by atoms with Gasteiger partial charge in [-0.2, -0.15) is 4.98 Å². The fourth-order valence-electron chi connectivity index (χ4n) is 2.33. The third kappa shape index (κ3) is 2.46. The molecule has 0 bridgehead atoms. The normalized spacial score (nSPS) is 18.2. The summed E-state index contributed by atoms with van der Waals surface area (Å²) in [6.45, 7) is 1.00. The first-order valence-electron chi connectivity index (χ1n) is 6.60. The number of nitrogens with zero attached hydrogens (tertiary/aromatic N) is 2. The van der Waals surface area contributed by atoms with Crippen LogP contribution in [0.3, 0.4) is 0 Å². The molecule has 0 aliphatic carbocycles. The average molecular weight is 275 g/mol. The van der Waals surface area contributed by atoms with Crippen LogP contribution >= 0.6 is 0 Å². The van der Waals surface area contributed by atoms with Crippen molar-refractivity contribution in [2.75, 3.05) is 20.8 Å². The second-order valence-electron chi connectivity index (χ2n) is 4.71. The number of hydrogen-bond acceptors (Lipinski definition) is 6. The van der Waals surface area contributed by atoms with Crippen LogP contribution in [-0.2, 0) is 0 Å². The number of rotatable bonds is 4. The van der Waals surface area contributed by atoms with Crippen LogP contribution in [0.2, 0.25) is 0 Å². The Kier molecular flexibility index (Phi) is 3.56. The molecule has 1 saturated heterocycles. The fraction of sp³-hybridized carbons (Fsp3) is 0.429. The molecule has 0 amide bonds. The Morgan fingerprint density at radius 3 is 2.55 bits per heavy atom. The number of methoxy groups -OCH3 is 2. The minimum Gasteiger partial charge on any atom is -0.497 e. The van der Waals surface area contributed by atoms with Gasteiger partial charge in [-0.25, -0.2) is 0 Å². The first-order valence-corrected chi connectivity index (χ1v) is 6.60. The maximum Gasteiger partial charge on any atom is 0.258 e. The lowest BCUT2D eigenvalue weighted by Gasteiger charge is -2.05. The molecule has 1 aliphatic rings. The molecule has 1 fully saturated rings. The van der Waals surface area contributed by atoms with Crippen molar-refractivity contribution in [2.45, 2.75) is 18.9 Å². The lowest BCUT2D eigenvalue weighted by molar-refractivity contribution is 0.392. The van der Waals surface area contributed by atoms with Crippen molar-refractivity contribution in [2.24, 2.45) is 0 Å². The van der Waals surface area contributed by atoms with Crippen LogP contribution in [0.15, 0.2) is 22.7 Å². The summed E-state index contributed by atoms with van der Waals surface area (Å²) in [6.07, 6.45) is 2.18. The summed E-state index contributed by atoms with van der Waals surface area (Å²) >= 11 is 0. The van der Waals surface area contributed by atoms with E-state index in [1.807, 2.05) is 12.1 Å². The van der Waals surface area contributed by atoms with E-state index in [0.29, 0.717) is 23.2 Å². The van der Waals surface area contributed by atoms with E-state index in [1.54, 1.807) is 20.3 Å². The van der Waals surface area contributed by atoms with E-state index in [4.69, 9.17) is 14.0 Å². The zero-order valence-electron chi connectivity index (χ0n) is 11.5. The SMILES string of the molecule is COc1cc(OC)cc(-c2nc(C3CCCN3)no2)c1. The highest BCUT2D eigenvalue weighted by molar-refractivity contribution is 5.59. The molecule has 6 nitrogen and oxygen atoms in total. The molecule has 1 N–H and O–H groups in total. The van der Waals surface area contributed by atoms with Gasteiger partial charge >= 0.3 is 0 Å². The molecule has 0 radical (unpaired) electrons. The Morgan fingerprint density at radius 1 is 1.20 bits per heavy atom. The van der Waals surface area contributed by atoms with Gasteiger partial charge in [0.1, 0.15) is 11.5 Å². The molecule has 0 spiro atoms. The van der Waals surface area contributed by atoms with Gasteiger partial charge < -0.3 is 19.3 Å². The van der Waals surface area contributed by atoms with Crippen LogP contribution < -0.4 is 14.8 Å². The molecule has 20 heavy (non-hydrogen) atoms.